The first-order valence-corrected chi connectivity index (χ1v) is 9.13. The molecule has 2 atom stereocenters. The second kappa shape index (κ2) is 13.7. The average molecular weight is 376 g/mol. The molecule has 25 heavy (non-hydrogen) atoms. The number of rotatable bonds is 14. The monoisotopic (exact) mass is 376 g/mol. The van der Waals surface area contributed by atoms with E-state index in [2.05, 4.69) is 11.9 Å². The van der Waals surface area contributed by atoms with Gasteiger partial charge in [0.25, 0.3) is 0 Å². The molecule has 1 amide bonds. The molecule has 0 saturated carbocycles. The van der Waals surface area contributed by atoms with Crippen molar-refractivity contribution in [2.24, 2.45) is 11.7 Å². The number of aliphatic hydroxyl groups is 1. The van der Waals surface area contributed by atoms with Crippen molar-refractivity contribution in [2.45, 2.75) is 32.7 Å². The zero-order valence-electron chi connectivity index (χ0n) is 14.8. The van der Waals surface area contributed by atoms with Crippen molar-refractivity contribution in [3.8, 4) is 0 Å². The Morgan fingerprint density at radius 3 is 2.48 bits per heavy atom. The molecule has 2 unspecified atom stereocenters. The molecule has 4 N–H and O–H groups in total. The molecular weight excluding hydrogens is 348 g/mol. The van der Waals surface area contributed by atoms with Crippen LogP contribution in [0.25, 0.3) is 0 Å². The highest BCUT2D eigenvalue weighted by Crippen LogP contribution is 2.15. The van der Waals surface area contributed by atoms with Gasteiger partial charge < -0.3 is 20.3 Å². The Labute approximate surface area is 152 Å². The number of ether oxygens (including phenoxy) is 2. The molecule has 0 aliphatic carbocycles. The minimum atomic E-state index is -0.519. The van der Waals surface area contributed by atoms with Gasteiger partial charge in [-0.3, -0.25) is 14.9 Å². The number of carbonyl (C=O) groups is 3. The van der Waals surface area contributed by atoms with E-state index in [1.54, 1.807) is 0 Å². The Bertz CT molecular complexity index is 458. The second-order valence-corrected chi connectivity index (χ2v) is 6.71. The summed E-state index contributed by atoms with van der Waals surface area (Å²) >= 11 is 1.44. The molecule has 0 rings (SSSR count). The van der Waals surface area contributed by atoms with E-state index in [9.17, 15) is 14.4 Å². The van der Waals surface area contributed by atoms with Crippen LogP contribution in [-0.2, 0) is 23.9 Å². The highest BCUT2D eigenvalue weighted by Gasteiger charge is 2.18. The SMILES string of the molecule is C=C(C)C(=O)OCCOC(=O)CCSCC(CC(C)NCO)C(N)=O. The molecule has 0 radical (unpaired) electrons. The molecule has 0 bridgehead atoms. The molecular formula is C16H28N2O6S. The zero-order chi connectivity index (χ0) is 19.2. The fourth-order valence-electron chi connectivity index (χ4n) is 1.80. The van der Waals surface area contributed by atoms with Gasteiger partial charge in [0.1, 0.15) is 13.2 Å². The summed E-state index contributed by atoms with van der Waals surface area (Å²) in [5, 5.41) is 11.6. The van der Waals surface area contributed by atoms with Crippen molar-refractivity contribution >= 4 is 29.6 Å². The summed E-state index contributed by atoms with van der Waals surface area (Å²) in [5.41, 5.74) is 5.66. The molecule has 0 aromatic heterocycles. The highest BCUT2D eigenvalue weighted by molar-refractivity contribution is 7.99. The van der Waals surface area contributed by atoms with Crippen LogP contribution in [0.1, 0.15) is 26.7 Å². The predicted molar refractivity (Wildman–Crippen MR) is 95.7 cm³/mol. The third-order valence-electron chi connectivity index (χ3n) is 3.18. The van der Waals surface area contributed by atoms with Gasteiger partial charge in [-0.25, -0.2) is 4.79 Å². The molecule has 144 valence electrons. The van der Waals surface area contributed by atoms with E-state index in [1.165, 1.54) is 18.7 Å². The van der Waals surface area contributed by atoms with E-state index in [0.29, 0.717) is 17.9 Å². The number of aliphatic hydroxyl groups excluding tert-OH is 1. The number of nitrogens with one attached hydrogen (secondary N) is 1. The van der Waals surface area contributed by atoms with Gasteiger partial charge in [-0.1, -0.05) is 6.58 Å². The fourth-order valence-corrected chi connectivity index (χ4v) is 2.86. The zero-order valence-corrected chi connectivity index (χ0v) is 15.6. The molecule has 0 fully saturated rings. The van der Waals surface area contributed by atoms with Gasteiger partial charge in [0.2, 0.25) is 5.91 Å². The Morgan fingerprint density at radius 2 is 1.92 bits per heavy atom. The summed E-state index contributed by atoms with van der Waals surface area (Å²) in [6.45, 7) is 6.66. The maximum Gasteiger partial charge on any atom is 0.333 e. The van der Waals surface area contributed by atoms with Crippen LogP contribution in [0.3, 0.4) is 0 Å². The van der Waals surface area contributed by atoms with Crippen LogP contribution < -0.4 is 11.1 Å². The first kappa shape index (κ1) is 23.4. The van der Waals surface area contributed by atoms with Crippen LogP contribution in [0, 0.1) is 5.92 Å². The van der Waals surface area contributed by atoms with E-state index in [0.717, 1.165) is 0 Å². The van der Waals surface area contributed by atoms with Crippen molar-refractivity contribution in [3.05, 3.63) is 12.2 Å². The van der Waals surface area contributed by atoms with Crippen LogP contribution in [0.15, 0.2) is 12.2 Å². The van der Waals surface area contributed by atoms with Crippen LogP contribution >= 0.6 is 11.8 Å². The quantitative estimate of drug-likeness (QED) is 0.170. The number of hydrogen-bond donors (Lipinski definition) is 3. The summed E-state index contributed by atoms with van der Waals surface area (Å²) in [4.78, 5) is 34.1. The van der Waals surface area contributed by atoms with Gasteiger partial charge >= 0.3 is 11.9 Å². The minimum absolute atomic E-state index is 0.00320. The lowest BCUT2D eigenvalue weighted by Crippen LogP contribution is -2.34. The van der Waals surface area contributed by atoms with Gasteiger partial charge in [-0.15, -0.1) is 0 Å². The molecule has 9 heteroatoms. The average Bonchev–Trinajstić information content (AvgIpc) is 2.54. The van der Waals surface area contributed by atoms with E-state index in [4.69, 9.17) is 20.3 Å². The summed E-state index contributed by atoms with van der Waals surface area (Å²) in [6, 6.07) is -0.0324. The molecule has 0 aliphatic rings. The molecule has 0 aromatic carbocycles. The van der Waals surface area contributed by atoms with E-state index in [1.807, 2.05) is 6.92 Å². The van der Waals surface area contributed by atoms with E-state index in [-0.39, 0.29) is 43.9 Å². The van der Waals surface area contributed by atoms with Crippen LogP contribution in [0.5, 0.6) is 0 Å². The van der Waals surface area contributed by atoms with E-state index >= 15 is 0 Å². The number of amides is 1. The fraction of sp³-hybridized carbons (Fsp3) is 0.688. The Kier molecular flexibility index (Phi) is 12.8. The number of hydrogen-bond acceptors (Lipinski definition) is 8. The second-order valence-electron chi connectivity index (χ2n) is 5.56. The molecule has 0 heterocycles. The third kappa shape index (κ3) is 12.4. The van der Waals surface area contributed by atoms with Crippen LogP contribution in [0.4, 0.5) is 0 Å². The smallest absolute Gasteiger partial charge is 0.333 e. The van der Waals surface area contributed by atoms with Crippen molar-refractivity contribution in [3.63, 3.8) is 0 Å². The number of esters is 2. The maximum absolute atomic E-state index is 11.5. The van der Waals surface area contributed by atoms with Crippen molar-refractivity contribution < 1.29 is 29.0 Å². The van der Waals surface area contributed by atoms with Crippen LogP contribution in [-0.4, -0.2) is 60.4 Å². The van der Waals surface area contributed by atoms with Gasteiger partial charge in [0.05, 0.1) is 13.2 Å². The normalized spacial score (nSPS) is 12.9. The van der Waals surface area contributed by atoms with Gasteiger partial charge in [-0.05, 0) is 20.3 Å². The number of thioether (sulfide) groups is 1. The summed E-state index contributed by atoms with van der Waals surface area (Å²) in [7, 11) is 0. The van der Waals surface area contributed by atoms with Crippen molar-refractivity contribution in [1.82, 2.24) is 5.32 Å². The summed E-state index contributed by atoms with van der Waals surface area (Å²) in [5.74, 6) is -0.664. The summed E-state index contributed by atoms with van der Waals surface area (Å²) in [6.07, 6.45) is 0.705. The number of nitrogens with two attached hydrogens (primary N) is 1. The summed E-state index contributed by atoms with van der Waals surface area (Å²) < 4.78 is 9.73. The number of carbonyl (C=O) groups excluding carboxylic acids is 3. The lowest BCUT2D eigenvalue weighted by atomic mass is 10.0. The minimum Gasteiger partial charge on any atom is -0.462 e. The maximum atomic E-state index is 11.5. The molecule has 0 spiro atoms. The van der Waals surface area contributed by atoms with Gasteiger partial charge in [-0.2, -0.15) is 11.8 Å². The van der Waals surface area contributed by atoms with Crippen molar-refractivity contribution in [1.29, 1.82) is 0 Å². The Hall–Kier alpha value is -1.58. The Balaban J connectivity index is 3.85. The predicted octanol–water partition coefficient (Wildman–Crippen LogP) is 0.192. The highest BCUT2D eigenvalue weighted by atomic mass is 32.2. The first-order chi connectivity index (χ1) is 11.8. The standard InChI is InChI=1S/C16H28N2O6S/c1-11(2)16(22)24-6-5-23-14(20)4-7-25-9-13(15(17)21)8-12(3)18-10-19/h12-13,18-19H,1,4-10H2,2-3H3,(H2,17,21). The lowest BCUT2D eigenvalue weighted by molar-refractivity contribution is -0.149. The molecule has 8 nitrogen and oxygen atoms in total. The Morgan fingerprint density at radius 1 is 1.28 bits per heavy atom. The topological polar surface area (TPSA) is 128 Å². The third-order valence-corrected chi connectivity index (χ3v) is 4.31. The molecule has 0 aliphatic heterocycles. The van der Waals surface area contributed by atoms with E-state index < -0.39 is 17.8 Å². The molecule has 0 saturated heterocycles. The first-order valence-electron chi connectivity index (χ1n) is 7.97. The van der Waals surface area contributed by atoms with Gasteiger partial charge in [0, 0.05) is 29.0 Å². The van der Waals surface area contributed by atoms with Crippen molar-refractivity contribution in [2.75, 3.05) is 31.5 Å². The van der Waals surface area contributed by atoms with Crippen LogP contribution in [0.2, 0.25) is 0 Å². The lowest BCUT2D eigenvalue weighted by Gasteiger charge is -2.18. The molecule has 0 aromatic rings. The largest absolute Gasteiger partial charge is 0.462 e. The number of primary amides is 1. The van der Waals surface area contributed by atoms with Gasteiger partial charge in [0.15, 0.2) is 0 Å².